The first-order chi connectivity index (χ1) is 15.8. The number of benzene rings is 2. The molecule has 172 valence electrons. The van der Waals surface area contributed by atoms with E-state index in [4.69, 9.17) is 0 Å². The molecule has 4 rings (SSSR count). The van der Waals surface area contributed by atoms with E-state index in [1.165, 1.54) is 10.4 Å². The highest BCUT2D eigenvalue weighted by Crippen LogP contribution is 2.26. The third-order valence-corrected chi connectivity index (χ3v) is 8.00. The van der Waals surface area contributed by atoms with Crippen LogP contribution >= 0.6 is 0 Å². The van der Waals surface area contributed by atoms with Gasteiger partial charge in [0.05, 0.1) is 16.8 Å². The van der Waals surface area contributed by atoms with Gasteiger partial charge in [0.1, 0.15) is 0 Å². The number of hydrogen-bond acceptors (Lipinski definition) is 4. The molecule has 0 saturated carbocycles. The van der Waals surface area contributed by atoms with Gasteiger partial charge in [-0.15, -0.1) is 0 Å². The lowest BCUT2D eigenvalue weighted by atomic mass is 10.1. The third kappa shape index (κ3) is 4.91. The summed E-state index contributed by atoms with van der Waals surface area (Å²) in [6.07, 6.45) is 6.81. The van der Waals surface area contributed by atoms with E-state index in [-0.39, 0.29) is 19.0 Å². The van der Waals surface area contributed by atoms with Gasteiger partial charge in [-0.25, -0.2) is 13.1 Å². The van der Waals surface area contributed by atoms with Gasteiger partial charge in [-0.3, -0.25) is 4.79 Å². The van der Waals surface area contributed by atoms with Crippen LogP contribution in [-0.4, -0.2) is 59.5 Å². The van der Waals surface area contributed by atoms with E-state index in [0.717, 1.165) is 27.9 Å². The molecule has 3 aromatic rings. The lowest BCUT2D eigenvalue weighted by Crippen LogP contribution is -2.50. The van der Waals surface area contributed by atoms with Crippen LogP contribution in [0.15, 0.2) is 65.8 Å². The summed E-state index contributed by atoms with van der Waals surface area (Å²) in [5.74, 6) is -0.137. The van der Waals surface area contributed by atoms with E-state index in [9.17, 15) is 13.2 Å². The molecule has 8 heteroatoms. The normalized spacial score (nSPS) is 15.3. The molecule has 0 atom stereocenters. The number of amides is 1. The Morgan fingerprint density at radius 2 is 1.61 bits per heavy atom. The molecule has 1 amide bonds. The average Bonchev–Trinajstić information content (AvgIpc) is 3.26. The molecule has 1 aliphatic heterocycles. The smallest absolute Gasteiger partial charge is 0.246 e. The number of rotatable bonds is 5. The minimum atomic E-state index is -3.60. The van der Waals surface area contributed by atoms with Gasteiger partial charge < -0.3 is 4.90 Å². The second-order valence-corrected chi connectivity index (χ2v) is 10.2. The molecule has 0 aliphatic carbocycles. The second kappa shape index (κ2) is 9.33. The minimum absolute atomic E-state index is 0.137. The number of piperazine rings is 1. The minimum Gasteiger partial charge on any atom is -0.337 e. The molecular formula is C25H28N4O3S. The largest absolute Gasteiger partial charge is 0.337 e. The molecule has 0 radical (unpaired) electrons. The highest BCUT2D eigenvalue weighted by molar-refractivity contribution is 7.89. The summed E-state index contributed by atoms with van der Waals surface area (Å²) in [7, 11) is -3.60. The predicted octanol–water partition coefficient (Wildman–Crippen LogP) is 3.34. The Labute approximate surface area is 195 Å². The van der Waals surface area contributed by atoms with Crippen LogP contribution in [0.2, 0.25) is 0 Å². The number of nitrogens with zero attached hydrogens (tertiary/aromatic N) is 4. The maximum Gasteiger partial charge on any atom is 0.246 e. The fraction of sp³-hybridized carbons (Fsp3) is 0.280. The van der Waals surface area contributed by atoms with Crippen LogP contribution < -0.4 is 0 Å². The van der Waals surface area contributed by atoms with E-state index in [1.807, 2.05) is 69.4 Å². The van der Waals surface area contributed by atoms with E-state index in [2.05, 4.69) is 5.10 Å². The Morgan fingerprint density at radius 3 is 2.24 bits per heavy atom. The lowest BCUT2D eigenvalue weighted by molar-refractivity contribution is -0.127. The SMILES string of the molecule is Cc1cc(C)c(S(=O)(=O)N2CCN(C(=O)/C=C/c3cnn(-c4ccccc4)c3)CC2)c(C)c1. The fourth-order valence-corrected chi connectivity index (χ4v) is 6.10. The zero-order valence-electron chi connectivity index (χ0n) is 19.1. The van der Waals surface area contributed by atoms with Crippen molar-refractivity contribution >= 4 is 22.0 Å². The first-order valence-electron chi connectivity index (χ1n) is 10.9. The summed E-state index contributed by atoms with van der Waals surface area (Å²) in [5.41, 5.74) is 4.31. The topological polar surface area (TPSA) is 75.5 Å². The molecule has 0 unspecified atom stereocenters. The fourth-order valence-electron chi connectivity index (χ4n) is 4.27. The third-order valence-electron chi connectivity index (χ3n) is 5.79. The van der Waals surface area contributed by atoms with Crippen LogP contribution in [0.3, 0.4) is 0 Å². The molecule has 0 spiro atoms. The molecule has 7 nitrogen and oxygen atoms in total. The summed E-state index contributed by atoms with van der Waals surface area (Å²) in [6.45, 7) is 6.89. The van der Waals surface area contributed by atoms with E-state index >= 15 is 0 Å². The maximum absolute atomic E-state index is 13.2. The first-order valence-corrected chi connectivity index (χ1v) is 12.3. The molecular weight excluding hydrogens is 436 g/mol. The molecule has 33 heavy (non-hydrogen) atoms. The summed E-state index contributed by atoms with van der Waals surface area (Å²) in [5, 5.41) is 4.33. The van der Waals surface area contributed by atoms with Gasteiger partial charge in [0.15, 0.2) is 0 Å². The average molecular weight is 465 g/mol. The number of para-hydroxylation sites is 1. The van der Waals surface area contributed by atoms with Crippen molar-refractivity contribution in [3.63, 3.8) is 0 Å². The van der Waals surface area contributed by atoms with Crippen LogP contribution in [0, 0.1) is 20.8 Å². The van der Waals surface area contributed by atoms with Gasteiger partial charge in [0, 0.05) is 44.0 Å². The predicted molar refractivity (Wildman–Crippen MR) is 129 cm³/mol. The first kappa shape index (κ1) is 22.9. The number of sulfonamides is 1. The van der Waals surface area contributed by atoms with Gasteiger partial charge in [-0.05, 0) is 50.1 Å². The van der Waals surface area contributed by atoms with Crippen molar-refractivity contribution in [3.8, 4) is 5.69 Å². The standard InChI is InChI=1S/C25H28N4O3S/c1-19-15-20(2)25(21(3)16-19)33(31,32)28-13-11-27(12-14-28)24(30)10-9-22-17-26-29(18-22)23-7-5-4-6-8-23/h4-10,15-18H,11-14H2,1-3H3/b10-9+. The van der Waals surface area contributed by atoms with Gasteiger partial charge in [0.25, 0.3) is 0 Å². The van der Waals surface area contributed by atoms with Crippen LogP contribution in [-0.2, 0) is 14.8 Å². The zero-order valence-corrected chi connectivity index (χ0v) is 19.9. The zero-order chi connectivity index (χ0) is 23.6. The maximum atomic E-state index is 13.2. The van der Waals surface area contributed by atoms with Gasteiger partial charge >= 0.3 is 0 Å². The number of hydrogen-bond donors (Lipinski definition) is 0. The van der Waals surface area contributed by atoms with Crippen LogP contribution in [0.1, 0.15) is 22.3 Å². The Kier molecular flexibility index (Phi) is 6.49. The van der Waals surface area contributed by atoms with Crippen molar-refractivity contribution in [2.75, 3.05) is 26.2 Å². The molecule has 1 fully saturated rings. The number of carbonyl (C=O) groups excluding carboxylic acids is 1. The number of carbonyl (C=O) groups is 1. The lowest BCUT2D eigenvalue weighted by Gasteiger charge is -2.34. The second-order valence-electron chi connectivity index (χ2n) is 8.34. The monoisotopic (exact) mass is 464 g/mol. The van der Waals surface area contributed by atoms with E-state index < -0.39 is 10.0 Å². The highest BCUT2D eigenvalue weighted by Gasteiger charge is 2.31. The Hall–Kier alpha value is -3.23. The summed E-state index contributed by atoms with van der Waals surface area (Å²) in [6, 6.07) is 13.5. The van der Waals surface area contributed by atoms with Gasteiger partial charge in [-0.2, -0.15) is 9.40 Å². The highest BCUT2D eigenvalue weighted by atomic mass is 32.2. The number of aryl methyl sites for hydroxylation is 3. The van der Waals surface area contributed by atoms with Crippen molar-refractivity contribution in [1.29, 1.82) is 0 Å². The van der Waals surface area contributed by atoms with Crippen molar-refractivity contribution in [3.05, 3.63) is 83.2 Å². The summed E-state index contributed by atoms with van der Waals surface area (Å²) < 4.78 is 29.7. The summed E-state index contributed by atoms with van der Waals surface area (Å²) in [4.78, 5) is 14.7. The molecule has 1 aromatic heterocycles. The Morgan fingerprint density at radius 1 is 0.970 bits per heavy atom. The van der Waals surface area contributed by atoms with Crippen molar-refractivity contribution in [1.82, 2.24) is 19.0 Å². The molecule has 2 heterocycles. The molecule has 2 aromatic carbocycles. The van der Waals surface area contributed by atoms with Gasteiger partial charge in [-0.1, -0.05) is 35.9 Å². The molecule has 1 saturated heterocycles. The summed E-state index contributed by atoms with van der Waals surface area (Å²) >= 11 is 0. The molecule has 1 aliphatic rings. The Balaban J connectivity index is 1.39. The van der Waals surface area contributed by atoms with Crippen molar-refractivity contribution in [2.45, 2.75) is 25.7 Å². The van der Waals surface area contributed by atoms with Crippen molar-refractivity contribution in [2.24, 2.45) is 0 Å². The van der Waals surface area contributed by atoms with Gasteiger partial charge in [0.2, 0.25) is 15.9 Å². The quantitative estimate of drug-likeness (QED) is 0.543. The van der Waals surface area contributed by atoms with Crippen LogP contribution in [0.4, 0.5) is 0 Å². The van der Waals surface area contributed by atoms with Crippen LogP contribution in [0.5, 0.6) is 0 Å². The van der Waals surface area contributed by atoms with Crippen LogP contribution in [0.25, 0.3) is 11.8 Å². The van der Waals surface area contributed by atoms with Crippen molar-refractivity contribution < 1.29 is 13.2 Å². The molecule has 0 bridgehead atoms. The molecule has 0 N–H and O–H groups in total. The number of aromatic nitrogens is 2. The van der Waals surface area contributed by atoms with E-state index in [1.54, 1.807) is 21.9 Å². The van der Waals surface area contributed by atoms with E-state index in [0.29, 0.717) is 18.0 Å². The Bertz CT molecular complexity index is 1270.